The molecule has 1 aromatic rings. The summed E-state index contributed by atoms with van der Waals surface area (Å²) in [7, 11) is 4.26. The fourth-order valence-corrected chi connectivity index (χ4v) is 2.99. The number of nitrogens with zero attached hydrogens (tertiary/aromatic N) is 2. The van der Waals surface area contributed by atoms with Gasteiger partial charge in [-0.3, -0.25) is 0 Å². The molecule has 1 aliphatic rings. The Hall–Kier alpha value is -0.700. The number of anilines is 2. The standard InChI is InChI=1S/C14H21BrN2/c1-16(12-8-4-3-5-9-12)13-10-6-7-11-14(13)17(2)15/h6-7,10-12H,3-5,8-9H2,1-2H3. The summed E-state index contributed by atoms with van der Waals surface area (Å²) < 4.78 is 2.02. The van der Waals surface area contributed by atoms with Crippen molar-refractivity contribution >= 4 is 27.5 Å². The van der Waals surface area contributed by atoms with Gasteiger partial charge in [0.1, 0.15) is 0 Å². The van der Waals surface area contributed by atoms with E-state index in [1.807, 2.05) is 11.0 Å². The first-order chi connectivity index (χ1) is 8.20. The molecule has 0 atom stereocenters. The van der Waals surface area contributed by atoms with Crippen LogP contribution in [0.3, 0.4) is 0 Å². The molecule has 0 N–H and O–H groups in total. The summed E-state index contributed by atoms with van der Waals surface area (Å²) in [6.07, 6.45) is 6.82. The summed E-state index contributed by atoms with van der Waals surface area (Å²) in [5, 5.41) is 0. The van der Waals surface area contributed by atoms with Gasteiger partial charge >= 0.3 is 0 Å². The van der Waals surface area contributed by atoms with E-state index in [0.717, 1.165) is 0 Å². The van der Waals surface area contributed by atoms with Gasteiger partial charge in [0.25, 0.3) is 0 Å². The molecule has 1 fully saturated rings. The van der Waals surface area contributed by atoms with Crippen molar-refractivity contribution in [1.82, 2.24) is 0 Å². The highest BCUT2D eigenvalue weighted by atomic mass is 79.9. The minimum Gasteiger partial charge on any atom is -0.370 e. The van der Waals surface area contributed by atoms with Crippen molar-refractivity contribution in [2.24, 2.45) is 0 Å². The van der Waals surface area contributed by atoms with E-state index in [0.29, 0.717) is 6.04 Å². The number of halogens is 1. The van der Waals surface area contributed by atoms with Crippen molar-refractivity contribution in [2.45, 2.75) is 38.1 Å². The number of hydrogen-bond acceptors (Lipinski definition) is 2. The van der Waals surface area contributed by atoms with Crippen LogP contribution in [0.2, 0.25) is 0 Å². The maximum absolute atomic E-state index is 3.53. The van der Waals surface area contributed by atoms with Gasteiger partial charge < -0.3 is 8.83 Å². The Morgan fingerprint density at radius 1 is 1.00 bits per heavy atom. The van der Waals surface area contributed by atoms with Crippen LogP contribution in [0.4, 0.5) is 11.4 Å². The van der Waals surface area contributed by atoms with Crippen LogP contribution in [0, 0.1) is 0 Å². The Labute approximate surface area is 113 Å². The molecule has 2 rings (SSSR count). The molecule has 0 saturated heterocycles. The normalized spacial score (nSPS) is 16.9. The molecule has 1 aromatic carbocycles. The maximum Gasteiger partial charge on any atom is 0.0701 e. The van der Waals surface area contributed by atoms with E-state index in [4.69, 9.17) is 0 Å². The molecular weight excluding hydrogens is 276 g/mol. The lowest BCUT2D eigenvalue weighted by Crippen LogP contribution is -2.33. The zero-order valence-corrected chi connectivity index (χ0v) is 12.3. The molecule has 0 aliphatic heterocycles. The van der Waals surface area contributed by atoms with Crippen molar-refractivity contribution in [2.75, 3.05) is 22.9 Å². The van der Waals surface area contributed by atoms with Gasteiger partial charge in [0.15, 0.2) is 0 Å². The second-order valence-corrected chi connectivity index (χ2v) is 5.93. The van der Waals surface area contributed by atoms with E-state index in [-0.39, 0.29) is 0 Å². The van der Waals surface area contributed by atoms with E-state index in [2.05, 4.69) is 52.4 Å². The average Bonchev–Trinajstić information content (AvgIpc) is 2.39. The van der Waals surface area contributed by atoms with Gasteiger partial charge in [0.2, 0.25) is 0 Å². The minimum atomic E-state index is 0.706. The van der Waals surface area contributed by atoms with E-state index in [1.165, 1.54) is 43.5 Å². The van der Waals surface area contributed by atoms with Crippen LogP contribution >= 0.6 is 16.1 Å². The van der Waals surface area contributed by atoms with Crippen LogP contribution in [-0.2, 0) is 0 Å². The van der Waals surface area contributed by atoms with Gasteiger partial charge in [-0.15, -0.1) is 0 Å². The Balaban J connectivity index is 2.20. The van der Waals surface area contributed by atoms with Gasteiger partial charge in [-0.1, -0.05) is 31.4 Å². The molecule has 3 heteroatoms. The third-order valence-electron chi connectivity index (χ3n) is 3.72. The summed E-state index contributed by atoms with van der Waals surface area (Å²) in [4.78, 5) is 2.45. The van der Waals surface area contributed by atoms with Crippen LogP contribution in [0.1, 0.15) is 32.1 Å². The number of para-hydroxylation sites is 2. The van der Waals surface area contributed by atoms with Crippen LogP contribution < -0.4 is 8.83 Å². The third kappa shape index (κ3) is 2.95. The highest BCUT2D eigenvalue weighted by Crippen LogP contribution is 2.33. The zero-order chi connectivity index (χ0) is 12.3. The van der Waals surface area contributed by atoms with E-state index in [9.17, 15) is 0 Å². The monoisotopic (exact) mass is 296 g/mol. The van der Waals surface area contributed by atoms with Gasteiger partial charge in [0, 0.05) is 36.3 Å². The Morgan fingerprint density at radius 3 is 2.18 bits per heavy atom. The first-order valence-corrected chi connectivity index (χ1v) is 7.12. The molecule has 17 heavy (non-hydrogen) atoms. The van der Waals surface area contributed by atoms with Crippen LogP contribution in [0.25, 0.3) is 0 Å². The molecule has 0 aromatic heterocycles. The summed E-state index contributed by atoms with van der Waals surface area (Å²) in [6.45, 7) is 0. The van der Waals surface area contributed by atoms with Gasteiger partial charge in [-0.25, -0.2) is 0 Å². The van der Waals surface area contributed by atoms with Crippen LogP contribution in [0.5, 0.6) is 0 Å². The van der Waals surface area contributed by atoms with E-state index < -0.39 is 0 Å². The lowest BCUT2D eigenvalue weighted by molar-refractivity contribution is 0.428. The molecule has 0 amide bonds. The number of benzene rings is 1. The molecule has 0 spiro atoms. The third-order valence-corrected chi connectivity index (χ3v) is 4.10. The lowest BCUT2D eigenvalue weighted by Gasteiger charge is -2.34. The average molecular weight is 297 g/mol. The maximum atomic E-state index is 3.53. The predicted octanol–water partition coefficient (Wildman–Crippen LogP) is 4.20. The first kappa shape index (κ1) is 12.7. The van der Waals surface area contributed by atoms with Gasteiger partial charge in [-0.2, -0.15) is 0 Å². The quantitative estimate of drug-likeness (QED) is 0.771. The van der Waals surface area contributed by atoms with Crippen molar-refractivity contribution in [1.29, 1.82) is 0 Å². The number of rotatable bonds is 3. The van der Waals surface area contributed by atoms with Gasteiger partial charge in [-0.05, 0) is 25.0 Å². The summed E-state index contributed by atoms with van der Waals surface area (Å²) in [6, 6.07) is 9.28. The molecule has 94 valence electrons. The molecule has 0 unspecified atom stereocenters. The van der Waals surface area contributed by atoms with E-state index in [1.54, 1.807) is 0 Å². The second kappa shape index (κ2) is 5.76. The predicted molar refractivity (Wildman–Crippen MR) is 79.0 cm³/mol. The van der Waals surface area contributed by atoms with Crippen molar-refractivity contribution in [3.63, 3.8) is 0 Å². The Bertz CT molecular complexity index is 359. The molecule has 1 aliphatic carbocycles. The fraction of sp³-hybridized carbons (Fsp3) is 0.571. The fourth-order valence-electron chi connectivity index (χ4n) is 2.69. The van der Waals surface area contributed by atoms with Crippen LogP contribution in [0.15, 0.2) is 24.3 Å². The smallest absolute Gasteiger partial charge is 0.0701 e. The summed E-state index contributed by atoms with van der Waals surface area (Å²) in [5.41, 5.74) is 2.55. The second-order valence-electron chi connectivity index (χ2n) is 4.87. The molecule has 0 radical (unpaired) electrons. The van der Waals surface area contributed by atoms with Crippen molar-refractivity contribution in [3.8, 4) is 0 Å². The number of hydrogen-bond donors (Lipinski definition) is 0. The van der Waals surface area contributed by atoms with Crippen LogP contribution in [-0.4, -0.2) is 20.1 Å². The summed E-state index contributed by atoms with van der Waals surface area (Å²) >= 11 is 3.53. The molecular formula is C14H21BrN2. The van der Waals surface area contributed by atoms with Crippen molar-refractivity contribution < 1.29 is 0 Å². The summed E-state index contributed by atoms with van der Waals surface area (Å²) in [5.74, 6) is 0. The van der Waals surface area contributed by atoms with Crippen molar-refractivity contribution in [3.05, 3.63) is 24.3 Å². The largest absolute Gasteiger partial charge is 0.370 e. The molecule has 0 heterocycles. The highest BCUT2D eigenvalue weighted by Gasteiger charge is 2.20. The van der Waals surface area contributed by atoms with E-state index >= 15 is 0 Å². The molecule has 1 saturated carbocycles. The van der Waals surface area contributed by atoms with Gasteiger partial charge in [0.05, 0.1) is 11.4 Å². The Morgan fingerprint density at radius 2 is 1.59 bits per heavy atom. The topological polar surface area (TPSA) is 6.48 Å². The molecule has 0 bridgehead atoms. The zero-order valence-electron chi connectivity index (χ0n) is 10.7. The first-order valence-electron chi connectivity index (χ1n) is 6.41. The Kier molecular flexibility index (Phi) is 4.32. The SMILES string of the molecule is CN(Br)c1ccccc1N(C)C1CCCCC1. The molecule has 2 nitrogen and oxygen atoms in total. The lowest BCUT2D eigenvalue weighted by atomic mass is 9.94. The minimum absolute atomic E-state index is 0.706. The highest BCUT2D eigenvalue weighted by molar-refractivity contribution is 9.10.